The van der Waals surface area contributed by atoms with Gasteiger partial charge in [-0.3, -0.25) is 0 Å². The summed E-state index contributed by atoms with van der Waals surface area (Å²) in [5.41, 5.74) is 1.72. The van der Waals surface area contributed by atoms with E-state index in [0.29, 0.717) is 18.7 Å². The van der Waals surface area contributed by atoms with Crippen LogP contribution in [0.5, 0.6) is 17.2 Å². The summed E-state index contributed by atoms with van der Waals surface area (Å²) in [6, 6.07) is 12.5. The van der Waals surface area contributed by atoms with E-state index in [9.17, 15) is 4.79 Å². The summed E-state index contributed by atoms with van der Waals surface area (Å²) in [6.07, 6.45) is 0.697. The Bertz CT molecular complexity index is 715. The number of benzene rings is 2. The van der Waals surface area contributed by atoms with Gasteiger partial charge in [-0.15, -0.1) is 0 Å². The minimum Gasteiger partial charge on any atom is -0.497 e. The molecule has 0 spiro atoms. The van der Waals surface area contributed by atoms with Crippen molar-refractivity contribution in [3.8, 4) is 17.2 Å². The lowest BCUT2D eigenvalue weighted by atomic mass is 10.0. The number of urea groups is 1. The van der Waals surface area contributed by atoms with E-state index >= 15 is 0 Å². The third-order valence-corrected chi connectivity index (χ3v) is 3.86. The van der Waals surface area contributed by atoms with Crippen LogP contribution in [0.4, 0.5) is 10.5 Å². The molecule has 3 rings (SSSR count). The number of carbonyl (C=O) groups excluding carboxylic acids is 1. The maximum absolute atomic E-state index is 12.1. The predicted octanol–water partition coefficient (Wildman–Crippen LogP) is 2.83. The van der Waals surface area contributed by atoms with Gasteiger partial charge < -0.3 is 24.8 Å². The molecule has 0 fully saturated rings. The van der Waals surface area contributed by atoms with Gasteiger partial charge in [-0.05, 0) is 54.4 Å². The molecular weight excluding hydrogens is 308 g/mol. The van der Waals surface area contributed by atoms with E-state index in [1.807, 2.05) is 18.2 Å². The number of amides is 2. The molecule has 0 aliphatic carbocycles. The van der Waals surface area contributed by atoms with Gasteiger partial charge in [0, 0.05) is 5.69 Å². The van der Waals surface area contributed by atoms with Crippen LogP contribution < -0.4 is 24.8 Å². The van der Waals surface area contributed by atoms with Crippen molar-refractivity contribution >= 4 is 11.7 Å². The average Bonchev–Trinajstić information content (AvgIpc) is 2.61. The molecule has 126 valence electrons. The topological polar surface area (TPSA) is 68.8 Å². The first-order chi connectivity index (χ1) is 11.7. The van der Waals surface area contributed by atoms with Gasteiger partial charge in [0.15, 0.2) is 0 Å². The molecular formula is C18H20N2O4. The summed E-state index contributed by atoms with van der Waals surface area (Å²) in [7, 11) is 3.23. The molecule has 2 aromatic carbocycles. The van der Waals surface area contributed by atoms with Gasteiger partial charge in [-0.1, -0.05) is 0 Å². The number of anilines is 1. The molecule has 6 nitrogen and oxygen atoms in total. The summed E-state index contributed by atoms with van der Waals surface area (Å²) < 4.78 is 16.0. The molecule has 2 aromatic rings. The summed E-state index contributed by atoms with van der Waals surface area (Å²) in [6.45, 7) is 0.440. The van der Waals surface area contributed by atoms with Crippen molar-refractivity contribution in [1.82, 2.24) is 5.32 Å². The first kappa shape index (κ1) is 16.0. The Morgan fingerprint density at radius 3 is 2.50 bits per heavy atom. The van der Waals surface area contributed by atoms with Crippen LogP contribution in [0, 0.1) is 0 Å². The van der Waals surface area contributed by atoms with Crippen molar-refractivity contribution in [2.45, 2.75) is 12.5 Å². The summed E-state index contributed by atoms with van der Waals surface area (Å²) >= 11 is 0. The van der Waals surface area contributed by atoms with E-state index in [0.717, 1.165) is 22.8 Å². The summed E-state index contributed by atoms with van der Waals surface area (Å²) in [4.78, 5) is 12.1. The lowest BCUT2D eigenvalue weighted by molar-refractivity contribution is 0.222. The van der Waals surface area contributed by atoms with Crippen LogP contribution in [0.3, 0.4) is 0 Å². The lowest BCUT2D eigenvalue weighted by Gasteiger charge is -2.26. The maximum atomic E-state index is 12.1. The lowest BCUT2D eigenvalue weighted by Crippen LogP contribution is -2.44. The molecule has 6 heteroatoms. The summed E-state index contributed by atoms with van der Waals surface area (Å²) in [5.74, 6) is 2.36. The fourth-order valence-electron chi connectivity index (χ4n) is 2.62. The quantitative estimate of drug-likeness (QED) is 0.905. The number of fused-ring (bicyclic) bond motifs is 1. The van der Waals surface area contributed by atoms with Crippen molar-refractivity contribution < 1.29 is 19.0 Å². The van der Waals surface area contributed by atoms with Crippen molar-refractivity contribution in [3.63, 3.8) is 0 Å². The van der Waals surface area contributed by atoms with Crippen molar-refractivity contribution in [3.05, 3.63) is 48.0 Å². The standard InChI is InChI=1S/C18H20N2O4/c1-22-15-5-3-13(4-6-15)19-18(21)20-14-9-12-10-16(23-2)7-8-17(12)24-11-14/h3-8,10,14H,9,11H2,1-2H3,(H2,19,20,21). The highest BCUT2D eigenvalue weighted by molar-refractivity contribution is 5.89. The Morgan fingerprint density at radius 1 is 1.08 bits per heavy atom. The molecule has 0 saturated carbocycles. The van der Waals surface area contributed by atoms with Crippen LogP contribution in [0.25, 0.3) is 0 Å². The number of ether oxygens (including phenoxy) is 3. The Morgan fingerprint density at radius 2 is 1.79 bits per heavy atom. The van der Waals surface area contributed by atoms with E-state index in [4.69, 9.17) is 14.2 Å². The zero-order valence-electron chi connectivity index (χ0n) is 13.7. The van der Waals surface area contributed by atoms with Gasteiger partial charge in [-0.2, -0.15) is 0 Å². The van der Waals surface area contributed by atoms with Crippen molar-refractivity contribution in [2.24, 2.45) is 0 Å². The van der Waals surface area contributed by atoms with Gasteiger partial charge in [0.05, 0.1) is 20.3 Å². The highest BCUT2D eigenvalue weighted by Gasteiger charge is 2.22. The molecule has 1 aliphatic rings. The zero-order valence-corrected chi connectivity index (χ0v) is 13.7. The van der Waals surface area contributed by atoms with Crippen LogP contribution in [0.15, 0.2) is 42.5 Å². The molecule has 1 atom stereocenters. The first-order valence-corrected chi connectivity index (χ1v) is 7.69. The number of methoxy groups -OCH3 is 2. The molecule has 24 heavy (non-hydrogen) atoms. The van der Waals surface area contributed by atoms with E-state index in [1.54, 1.807) is 38.5 Å². The monoisotopic (exact) mass is 328 g/mol. The van der Waals surface area contributed by atoms with Gasteiger partial charge in [0.25, 0.3) is 0 Å². The number of hydrogen-bond acceptors (Lipinski definition) is 4. The third-order valence-electron chi connectivity index (χ3n) is 3.86. The van der Waals surface area contributed by atoms with E-state index in [-0.39, 0.29) is 12.1 Å². The zero-order chi connectivity index (χ0) is 16.9. The van der Waals surface area contributed by atoms with E-state index in [2.05, 4.69) is 10.6 Å². The Hall–Kier alpha value is -2.89. The molecule has 1 unspecified atom stereocenters. The Balaban J connectivity index is 1.58. The average molecular weight is 328 g/mol. The minimum atomic E-state index is -0.264. The largest absolute Gasteiger partial charge is 0.497 e. The molecule has 2 N–H and O–H groups in total. The maximum Gasteiger partial charge on any atom is 0.319 e. The minimum absolute atomic E-state index is 0.0946. The van der Waals surface area contributed by atoms with E-state index < -0.39 is 0 Å². The molecule has 0 radical (unpaired) electrons. The fraction of sp³-hybridized carbons (Fsp3) is 0.278. The van der Waals surface area contributed by atoms with Crippen LogP contribution in [-0.2, 0) is 6.42 Å². The van der Waals surface area contributed by atoms with Gasteiger partial charge in [0.1, 0.15) is 23.9 Å². The van der Waals surface area contributed by atoms with Crippen LogP contribution in [-0.4, -0.2) is 32.9 Å². The van der Waals surface area contributed by atoms with Gasteiger partial charge in [-0.25, -0.2) is 4.79 Å². The molecule has 2 amide bonds. The first-order valence-electron chi connectivity index (χ1n) is 7.69. The van der Waals surface area contributed by atoms with Gasteiger partial charge in [0.2, 0.25) is 0 Å². The smallest absolute Gasteiger partial charge is 0.319 e. The molecule has 0 aromatic heterocycles. The van der Waals surface area contributed by atoms with Crippen molar-refractivity contribution in [2.75, 3.05) is 26.1 Å². The highest BCUT2D eigenvalue weighted by atomic mass is 16.5. The number of hydrogen-bond donors (Lipinski definition) is 2. The number of carbonyl (C=O) groups is 1. The molecule has 1 heterocycles. The normalized spacial score (nSPS) is 15.7. The highest BCUT2D eigenvalue weighted by Crippen LogP contribution is 2.28. The second kappa shape index (κ2) is 7.12. The van der Waals surface area contributed by atoms with Crippen LogP contribution in [0.1, 0.15) is 5.56 Å². The molecule has 1 aliphatic heterocycles. The van der Waals surface area contributed by atoms with E-state index in [1.165, 1.54) is 0 Å². The van der Waals surface area contributed by atoms with Gasteiger partial charge >= 0.3 is 6.03 Å². The third kappa shape index (κ3) is 3.71. The fourth-order valence-corrected chi connectivity index (χ4v) is 2.62. The molecule has 0 bridgehead atoms. The predicted molar refractivity (Wildman–Crippen MR) is 91.1 cm³/mol. The molecule has 0 saturated heterocycles. The van der Waals surface area contributed by atoms with Crippen molar-refractivity contribution in [1.29, 1.82) is 0 Å². The second-order valence-electron chi connectivity index (χ2n) is 5.51. The number of nitrogens with one attached hydrogen (secondary N) is 2. The second-order valence-corrected chi connectivity index (χ2v) is 5.51. The SMILES string of the molecule is COc1ccc(NC(=O)NC2COc3ccc(OC)cc3C2)cc1. The Labute approximate surface area is 140 Å². The summed E-state index contributed by atoms with van der Waals surface area (Å²) in [5, 5.41) is 5.73. The number of rotatable bonds is 4. The Kier molecular flexibility index (Phi) is 4.74. The van der Waals surface area contributed by atoms with Crippen LogP contribution >= 0.6 is 0 Å². The van der Waals surface area contributed by atoms with Crippen LogP contribution in [0.2, 0.25) is 0 Å².